The lowest BCUT2D eigenvalue weighted by Gasteiger charge is -2.28. The summed E-state index contributed by atoms with van der Waals surface area (Å²) >= 11 is 0. The predicted molar refractivity (Wildman–Crippen MR) is 202 cm³/mol. The predicted octanol–water partition coefficient (Wildman–Crippen LogP) is 12.6. The van der Waals surface area contributed by atoms with Crippen LogP contribution in [0.3, 0.4) is 0 Å². The van der Waals surface area contributed by atoms with E-state index >= 15 is 0 Å². The highest BCUT2D eigenvalue weighted by molar-refractivity contribution is 7.49. The van der Waals surface area contributed by atoms with Crippen LogP contribution in [0.1, 0.15) is 103 Å². The first kappa shape index (κ1) is 37.9. The standard InChI is InChI=1S/C42H55O6P/c1-8-10-12-14-17-32-21-25-35(26-22-32)46-49(43,47-36-27-23-33(24-28-36)18-15-13-11-9-2)48-41-39(34-19-16-20-37(29-34)44-6)30-38(45-7)31-40(41)42(3,4)5/h16,19-31H,8-15,17-18H2,1-7H3. The van der Waals surface area contributed by atoms with Gasteiger partial charge in [-0.05, 0) is 96.3 Å². The van der Waals surface area contributed by atoms with Crippen molar-refractivity contribution in [1.29, 1.82) is 0 Å². The molecule has 4 aromatic rings. The van der Waals surface area contributed by atoms with Gasteiger partial charge in [-0.1, -0.05) is 110 Å². The maximum atomic E-state index is 15.0. The molecule has 7 heteroatoms. The largest absolute Gasteiger partial charge is 0.647 e. The van der Waals surface area contributed by atoms with Crippen LogP contribution >= 0.6 is 7.82 Å². The van der Waals surface area contributed by atoms with Crippen LogP contribution in [-0.2, 0) is 22.8 Å². The minimum absolute atomic E-state index is 0.393. The molecule has 0 saturated carbocycles. The molecule has 0 unspecified atom stereocenters. The minimum Gasteiger partial charge on any atom is -0.497 e. The van der Waals surface area contributed by atoms with Gasteiger partial charge in [-0.3, -0.25) is 0 Å². The molecule has 0 spiro atoms. The molecule has 0 amide bonds. The van der Waals surface area contributed by atoms with Crippen molar-refractivity contribution < 1.29 is 27.6 Å². The van der Waals surface area contributed by atoms with Crippen LogP contribution < -0.4 is 23.0 Å². The molecule has 0 atom stereocenters. The Hall–Kier alpha value is -3.89. The molecule has 264 valence electrons. The molecule has 0 aliphatic heterocycles. The normalized spacial score (nSPS) is 11.7. The van der Waals surface area contributed by atoms with Crippen molar-refractivity contribution >= 4 is 7.82 Å². The van der Waals surface area contributed by atoms with E-state index in [9.17, 15) is 4.57 Å². The molecular formula is C42H55O6P. The summed E-state index contributed by atoms with van der Waals surface area (Å²) in [5, 5.41) is 0. The maximum absolute atomic E-state index is 15.0. The fraction of sp³-hybridized carbons (Fsp3) is 0.429. The summed E-state index contributed by atoms with van der Waals surface area (Å²) in [6, 6.07) is 26.9. The highest BCUT2D eigenvalue weighted by Gasteiger charge is 2.37. The quantitative estimate of drug-likeness (QED) is 0.0723. The lowest BCUT2D eigenvalue weighted by Crippen LogP contribution is -2.16. The maximum Gasteiger partial charge on any atom is 0.647 e. The van der Waals surface area contributed by atoms with Gasteiger partial charge in [0.05, 0.1) is 14.2 Å². The third-order valence-electron chi connectivity index (χ3n) is 8.61. The number of phosphoric ester groups is 1. The minimum atomic E-state index is -4.33. The van der Waals surface area contributed by atoms with E-state index in [0.717, 1.165) is 36.8 Å². The molecule has 0 aliphatic carbocycles. The Morgan fingerprint density at radius 1 is 0.571 bits per heavy atom. The second-order valence-corrected chi connectivity index (χ2v) is 15.1. The van der Waals surface area contributed by atoms with E-state index in [2.05, 4.69) is 34.6 Å². The van der Waals surface area contributed by atoms with Crippen LogP contribution in [0.5, 0.6) is 28.7 Å². The first-order chi connectivity index (χ1) is 23.6. The molecule has 6 nitrogen and oxygen atoms in total. The van der Waals surface area contributed by atoms with Gasteiger partial charge in [0.1, 0.15) is 28.7 Å². The van der Waals surface area contributed by atoms with E-state index in [0.29, 0.717) is 34.3 Å². The van der Waals surface area contributed by atoms with Gasteiger partial charge in [0.25, 0.3) is 0 Å². The second-order valence-electron chi connectivity index (χ2n) is 13.7. The Kier molecular flexibility index (Phi) is 14.1. The molecule has 0 fully saturated rings. The van der Waals surface area contributed by atoms with E-state index < -0.39 is 13.2 Å². The monoisotopic (exact) mass is 686 g/mol. The van der Waals surface area contributed by atoms with Crippen LogP contribution in [0, 0.1) is 0 Å². The summed E-state index contributed by atoms with van der Waals surface area (Å²) in [6.45, 7) is 10.7. The number of phosphoric acid groups is 1. The molecule has 0 aromatic heterocycles. The summed E-state index contributed by atoms with van der Waals surface area (Å²) in [7, 11) is -1.07. The first-order valence-corrected chi connectivity index (χ1v) is 19.3. The van der Waals surface area contributed by atoms with Gasteiger partial charge in [-0.25, -0.2) is 0 Å². The van der Waals surface area contributed by atoms with E-state index in [1.807, 2.05) is 84.9 Å². The van der Waals surface area contributed by atoms with Crippen LogP contribution in [-0.4, -0.2) is 14.2 Å². The van der Waals surface area contributed by atoms with Gasteiger partial charge < -0.3 is 23.0 Å². The molecule has 4 aromatic carbocycles. The Morgan fingerprint density at radius 2 is 1.10 bits per heavy atom. The number of benzene rings is 4. The molecule has 0 saturated heterocycles. The van der Waals surface area contributed by atoms with Crippen LogP contribution in [0.4, 0.5) is 0 Å². The Balaban J connectivity index is 1.75. The molecule has 0 heterocycles. The Labute approximate surface area is 294 Å². The van der Waals surface area contributed by atoms with Crippen molar-refractivity contribution in [2.24, 2.45) is 0 Å². The fourth-order valence-electron chi connectivity index (χ4n) is 5.75. The summed E-state index contributed by atoms with van der Waals surface area (Å²) in [5.74, 6) is 2.54. The smallest absolute Gasteiger partial charge is 0.497 e. The van der Waals surface area contributed by atoms with Crippen LogP contribution in [0.2, 0.25) is 0 Å². The van der Waals surface area contributed by atoms with Gasteiger partial charge in [0.2, 0.25) is 0 Å². The number of ether oxygens (including phenoxy) is 2. The van der Waals surface area contributed by atoms with Crippen molar-refractivity contribution in [3.05, 3.63) is 102 Å². The van der Waals surface area contributed by atoms with Crippen LogP contribution in [0.15, 0.2) is 84.9 Å². The zero-order valence-electron chi connectivity index (χ0n) is 30.6. The van der Waals surface area contributed by atoms with Crippen molar-refractivity contribution in [2.75, 3.05) is 14.2 Å². The Bertz CT molecular complexity index is 1580. The van der Waals surface area contributed by atoms with Crippen molar-refractivity contribution in [1.82, 2.24) is 0 Å². The number of unbranched alkanes of at least 4 members (excludes halogenated alkanes) is 6. The van der Waals surface area contributed by atoms with Gasteiger partial charge in [-0.15, -0.1) is 0 Å². The third kappa shape index (κ3) is 11.3. The average molecular weight is 687 g/mol. The van der Waals surface area contributed by atoms with Gasteiger partial charge in [0, 0.05) is 11.1 Å². The fourth-order valence-corrected chi connectivity index (χ4v) is 7.04. The highest BCUT2D eigenvalue weighted by atomic mass is 31.2. The summed E-state index contributed by atoms with van der Waals surface area (Å²) in [4.78, 5) is 0. The van der Waals surface area contributed by atoms with Crippen molar-refractivity contribution in [3.8, 4) is 39.9 Å². The van der Waals surface area contributed by atoms with Gasteiger partial charge >= 0.3 is 7.82 Å². The number of aryl methyl sites for hydroxylation is 2. The molecular weight excluding hydrogens is 631 g/mol. The second kappa shape index (κ2) is 18.2. The molecule has 4 rings (SSSR count). The van der Waals surface area contributed by atoms with Crippen molar-refractivity contribution in [3.63, 3.8) is 0 Å². The zero-order chi connectivity index (χ0) is 35.3. The van der Waals surface area contributed by atoms with Gasteiger partial charge in [-0.2, -0.15) is 4.57 Å². The van der Waals surface area contributed by atoms with Crippen LogP contribution in [0.25, 0.3) is 11.1 Å². The highest BCUT2D eigenvalue weighted by Crippen LogP contribution is 2.54. The lowest BCUT2D eigenvalue weighted by molar-refractivity contribution is 0.296. The molecule has 0 aliphatic rings. The lowest BCUT2D eigenvalue weighted by atomic mass is 9.84. The van der Waals surface area contributed by atoms with Gasteiger partial charge in [0.15, 0.2) is 0 Å². The molecule has 0 N–H and O–H groups in total. The summed E-state index contributed by atoms with van der Waals surface area (Å²) in [6.07, 6.45) is 11.5. The number of rotatable bonds is 19. The molecule has 49 heavy (non-hydrogen) atoms. The van der Waals surface area contributed by atoms with Crippen molar-refractivity contribution in [2.45, 2.75) is 104 Å². The molecule has 0 radical (unpaired) electrons. The molecule has 0 bridgehead atoms. The van der Waals surface area contributed by atoms with E-state index in [1.165, 1.54) is 49.7 Å². The van der Waals surface area contributed by atoms with E-state index in [1.54, 1.807) is 14.2 Å². The summed E-state index contributed by atoms with van der Waals surface area (Å²) in [5.41, 5.74) is 4.29. The topological polar surface area (TPSA) is 63.2 Å². The van der Waals surface area contributed by atoms with E-state index in [-0.39, 0.29) is 0 Å². The first-order valence-electron chi connectivity index (χ1n) is 17.8. The SMILES string of the molecule is CCCCCCc1ccc(OP(=O)(Oc2ccc(CCCCCC)cc2)Oc2c(-c3cccc(OC)c3)cc(OC)cc2C(C)(C)C)cc1. The van der Waals surface area contributed by atoms with E-state index in [4.69, 9.17) is 23.0 Å². The Morgan fingerprint density at radius 3 is 1.57 bits per heavy atom. The number of hydrogen-bond donors (Lipinski definition) is 0. The zero-order valence-corrected chi connectivity index (χ0v) is 31.4. The third-order valence-corrected chi connectivity index (χ3v) is 9.88. The summed E-state index contributed by atoms with van der Waals surface area (Å²) < 4.78 is 45.3. The number of methoxy groups -OCH3 is 2. The number of hydrogen-bond acceptors (Lipinski definition) is 6. The average Bonchev–Trinajstić information content (AvgIpc) is 3.09.